The number of nitrogens with one attached hydrogen (secondary N) is 4. The molecule has 2 rings (SSSR count). The molecule has 2 fully saturated rings. The lowest BCUT2D eigenvalue weighted by Gasteiger charge is -2.25. The van der Waals surface area contributed by atoms with E-state index in [0.29, 0.717) is 0 Å². The number of aliphatic carboxylic acids is 6. The highest BCUT2D eigenvalue weighted by Crippen LogP contribution is 2.32. The second kappa shape index (κ2) is 48.5. The van der Waals surface area contributed by atoms with Gasteiger partial charge in [-0.15, -0.1) is 23.5 Å². The number of thioether (sulfide) groups is 2. The number of ketones is 7. The lowest BCUT2D eigenvalue weighted by atomic mass is 9.89. The molecule has 43 heteroatoms. The Kier molecular flexibility index (Phi) is 43.5. The molecule has 2 aliphatic rings. The van der Waals surface area contributed by atoms with Gasteiger partial charge < -0.3 is 98.5 Å². The van der Waals surface area contributed by atoms with Gasteiger partial charge in [-0.3, -0.25) is 106 Å². The maximum Gasteiger partial charge on any atom is 0.307 e. The number of hydrogen-bond donors (Lipinski definition) is 17. The first-order chi connectivity index (χ1) is 52.2. The van der Waals surface area contributed by atoms with E-state index < -0.39 is 289 Å². The van der Waals surface area contributed by atoms with Crippen LogP contribution in [0.2, 0.25) is 0 Å². The molecule has 113 heavy (non-hydrogen) atoms. The van der Waals surface area contributed by atoms with Gasteiger partial charge in [0.2, 0.25) is 47.3 Å². The van der Waals surface area contributed by atoms with E-state index >= 15 is 0 Å². The molecule has 0 bridgehead atoms. The van der Waals surface area contributed by atoms with Crippen LogP contribution in [0.15, 0.2) is 4.99 Å². The molecular weight excluding hydrogens is 1540 g/mol. The van der Waals surface area contributed by atoms with Gasteiger partial charge in [0.1, 0.15) is 41.4 Å². The Hall–Kier alpha value is -9.56. The zero-order chi connectivity index (χ0) is 86.9. The smallest absolute Gasteiger partial charge is 0.307 e. The molecule has 0 spiro atoms. The van der Waals surface area contributed by atoms with Crippen LogP contribution in [0, 0.1) is 40.4 Å². The molecule has 2 aliphatic heterocycles. The number of aliphatic hydroxyl groups excluding tert-OH is 5. The van der Waals surface area contributed by atoms with Crippen LogP contribution >= 0.6 is 23.5 Å². The van der Waals surface area contributed by atoms with Crippen molar-refractivity contribution < 1.29 is 157 Å². The van der Waals surface area contributed by atoms with Gasteiger partial charge in [-0.1, -0.05) is 41.5 Å². The third-order valence-electron chi connectivity index (χ3n) is 17.6. The summed E-state index contributed by atoms with van der Waals surface area (Å²) in [7, 11) is 0. The Bertz CT molecular complexity index is 3520. The van der Waals surface area contributed by atoms with E-state index in [1.807, 2.05) is 0 Å². The molecule has 0 aromatic rings. The molecule has 19 N–H and O–H groups in total. The second-order valence-electron chi connectivity index (χ2n) is 29.3. The summed E-state index contributed by atoms with van der Waals surface area (Å²) in [6, 6.07) is -5.14. The molecule has 634 valence electrons. The van der Waals surface area contributed by atoms with Crippen LogP contribution in [0.5, 0.6) is 0 Å². The number of carbonyl (C=O) groups excluding carboxylic acids is 15. The summed E-state index contributed by atoms with van der Waals surface area (Å²) < 4.78 is 0. The number of carboxylic acid groups (broad SMARTS) is 6. The molecule has 0 radical (unpaired) electrons. The number of nitrogens with zero attached hydrogens (tertiary/aromatic N) is 3. The second-order valence-corrected chi connectivity index (χ2v) is 31.8. The lowest BCUT2D eigenvalue weighted by Crippen LogP contribution is -2.49. The third kappa shape index (κ3) is 37.8. The van der Waals surface area contributed by atoms with E-state index in [1.54, 1.807) is 41.5 Å². The van der Waals surface area contributed by atoms with E-state index in [-0.39, 0.29) is 87.9 Å². The standard InChI is InChI=1S/C37H54N6O16S.C33H51N3O16S/c1-18(44)10-19(13-29(49)50)32(55)41-22(6-5-8-40-36(38)39)24(45)11-20(14-30(51)52)33(56)42-23(15-31(53)54)25(46)12-21(35(58)59)17-60-26-16-28(48)43(34(26)57)9-7-27(47)37(2,3)4;1-16(38)9-17(5-6-25(43)34-13-21(40)28(47)29(48)22(41)14-37)30(49)35-19(11-27(45)46)20(39)10-18(32(51)52)15-53-23-12-26(44)36(31(23)50)8-7-24(42)33(2,3)4/h19-23,26H,5-17H2,1-4H3,(H,41,55)(H,42,56)(H,49,50)(H,51,52)(H,53,54)(H,58,59)(H4,38,39,40);17-19,21-23,28-29,37,40-41,47-48H,5-15H2,1-4H3,(H,34,43)(H,35,49)(H,45,46)(H,51,52)/t19-,20-,21-,22-,23-,26?;17-,18+,19+,21+,22-,23?,28-,29-/m01/s1. The molecule has 14 atom stereocenters. The fourth-order valence-corrected chi connectivity index (χ4v) is 13.6. The van der Waals surface area contributed by atoms with Crippen molar-refractivity contribution in [2.75, 3.05) is 44.3 Å². The fraction of sp³-hybridized carbons (Fsp3) is 0.686. The van der Waals surface area contributed by atoms with Crippen LogP contribution in [-0.4, -0.2) is 293 Å². The third-order valence-corrected chi connectivity index (χ3v) is 20.4. The largest absolute Gasteiger partial charge is 0.481 e. The minimum absolute atomic E-state index is 0.0425. The van der Waals surface area contributed by atoms with Gasteiger partial charge in [0.15, 0.2) is 23.3 Å². The monoisotopic (exact) mass is 1650 g/mol. The number of Topliss-reactive ketones (excluding diaryl/α,β-unsaturated/α-hetero) is 7. The highest BCUT2D eigenvalue weighted by molar-refractivity contribution is 8.00. The topological polar surface area (TPSA) is 700 Å². The maximum atomic E-state index is 13.6. The minimum atomic E-state index is -1.95. The number of carboxylic acids is 6. The highest BCUT2D eigenvalue weighted by Gasteiger charge is 2.44. The van der Waals surface area contributed by atoms with Crippen molar-refractivity contribution in [3.8, 4) is 0 Å². The van der Waals surface area contributed by atoms with Crippen LogP contribution in [-0.2, 0) is 101 Å². The number of aliphatic imine (C=N–C) groups is 1. The van der Waals surface area contributed by atoms with Gasteiger partial charge in [0.05, 0.1) is 90.7 Å². The first kappa shape index (κ1) is 101. The molecule has 41 nitrogen and oxygen atoms in total. The molecule has 8 amide bonds. The molecular formula is C70H105N9O32S2. The quantitative estimate of drug-likeness (QED) is 0.0122. The number of nitrogens with two attached hydrogens (primary N) is 2. The number of rotatable bonds is 54. The molecule has 0 aromatic heterocycles. The predicted octanol–water partition coefficient (Wildman–Crippen LogP) is -3.47. The van der Waals surface area contributed by atoms with Gasteiger partial charge in [0.25, 0.3) is 0 Å². The summed E-state index contributed by atoms with van der Waals surface area (Å²) in [5.74, 6) is -28.4. The van der Waals surface area contributed by atoms with Gasteiger partial charge in [-0.05, 0) is 33.1 Å². The Labute approximate surface area is 657 Å². The highest BCUT2D eigenvalue weighted by atomic mass is 32.2. The molecule has 0 aliphatic carbocycles. The van der Waals surface area contributed by atoms with Gasteiger partial charge >= 0.3 is 35.8 Å². The Balaban J connectivity index is 0.00000114. The number of likely N-dealkylation sites (tertiary alicyclic amines) is 2. The fourth-order valence-electron chi connectivity index (χ4n) is 11.0. The van der Waals surface area contributed by atoms with Crippen molar-refractivity contribution in [3.05, 3.63) is 0 Å². The zero-order valence-electron chi connectivity index (χ0n) is 63.9. The number of hydrogen-bond acceptors (Lipinski definition) is 29. The van der Waals surface area contributed by atoms with Crippen molar-refractivity contribution in [2.45, 2.75) is 218 Å². The van der Waals surface area contributed by atoms with Gasteiger partial charge in [-0.25, -0.2) is 0 Å². The number of imide groups is 2. The first-order valence-corrected chi connectivity index (χ1v) is 37.8. The van der Waals surface area contributed by atoms with Crippen molar-refractivity contribution >= 4 is 153 Å². The Morgan fingerprint density at radius 3 is 1.19 bits per heavy atom. The lowest BCUT2D eigenvalue weighted by molar-refractivity contribution is -0.145. The molecule has 2 heterocycles. The summed E-state index contributed by atoms with van der Waals surface area (Å²) in [4.78, 5) is 268. The minimum Gasteiger partial charge on any atom is -0.481 e. The van der Waals surface area contributed by atoms with Crippen molar-refractivity contribution in [2.24, 2.45) is 56.9 Å². The normalized spacial score (nSPS) is 17.5. The zero-order valence-corrected chi connectivity index (χ0v) is 65.5. The molecule has 2 unspecified atom stereocenters. The van der Waals surface area contributed by atoms with E-state index in [0.717, 1.165) is 47.2 Å². The maximum absolute atomic E-state index is 13.6. The number of carbonyl (C=O) groups is 21. The van der Waals surface area contributed by atoms with Crippen LogP contribution in [0.3, 0.4) is 0 Å². The van der Waals surface area contributed by atoms with Gasteiger partial charge in [-0.2, -0.15) is 0 Å². The van der Waals surface area contributed by atoms with E-state index in [2.05, 4.69) is 26.3 Å². The van der Waals surface area contributed by atoms with Gasteiger partial charge in [0, 0.05) is 119 Å². The molecule has 0 saturated carbocycles. The Morgan fingerprint density at radius 2 is 0.832 bits per heavy atom. The number of guanidine groups is 1. The van der Waals surface area contributed by atoms with Crippen molar-refractivity contribution in [1.29, 1.82) is 0 Å². The first-order valence-electron chi connectivity index (χ1n) is 35.7. The van der Waals surface area contributed by atoms with Crippen LogP contribution in [0.25, 0.3) is 0 Å². The summed E-state index contributed by atoms with van der Waals surface area (Å²) >= 11 is 1.58. The average Bonchev–Trinajstić information content (AvgIpc) is 1.70. The van der Waals surface area contributed by atoms with Crippen LogP contribution < -0.4 is 32.7 Å². The van der Waals surface area contributed by atoms with Crippen molar-refractivity contribution in [3.63, 3.8) is 0 Å². The Morgan fingerprint density at radius 1 is 0.478 bits per heavy atom. The number of amides is 8. The van der Waals surface area contributed by atoms with E-state index in [9.17, 15) is 152 Å². The molecule has 2 saturated heterocycles. The summed E-state index contributed by atoms with van der Waals surface area (Å²) in [6.07, 6.45) is -16.3. The van der Waals surface area contributed by atoms with Crippen LogP contribution in [0.1, 0.15) is 165 Å². The summed E-state index contributed by atoms with van der Waals surface area (Å²) in [5.41, 5.74) is 9.26. The van der Waals surface area contributed by atoms with Crippen molar-refractivity contribution in [1.82, 2.24) is 31.1 Å². The molecule has 0 aromatic carbocycles. The van der Waals surface area contributed by atoms with Crippen LogP contribution in [0.4, 0.5) is 0 Å². The summed E-state index contributed by atoms with van der Waals surface area (Å²) in [6.45, 7) is 10.5. The van der Waals surface area contributed by atoms with E-state index in [1.165, 1.54) is 0 Å². The SMILES string of the molecule is CC(=O)C[C@@H](CC(=O)O)C(=O)N[C@@H](CCCN=C(N)N)C(=O)C[C@@H](CC(=O)O)C(=O)N[C@@H](CC(=O)O)C(=O)C[C@@H](CSC1CC(=O)N(CCC(=O)C(C)(C)C)C1=O)C(=O)O.CC(=O)C[C@@H](CCC(=O)NC[C@H](O)[C@@H](O)[C@H](O)[C@H](O)CO)C(=O)N[C@@H](CC(=O)O)C(=O)C[C@@H](CSC1CC(=O)N(CCC(=O)C(C)(C)C)C1=O)C(=O)O. The number of aliphatic hydroxyl groups is 5. The van der Waals surface area contributed by atoms with E-state index in [4.69, 9.17) is 16.6 Å². The summed E-state index contributed by atoms with van der Waals surface area (Å²) in [5, 5.41) is 112. The predicted molar refractivity (Wildman–Crippen MR) is 394 cm³/mol. The average molecular weight is 1650 g/mol.